The molecular weight excluding hydrogens is 455 g/mol. The van der Waals surface area contributed by atoms with Crippen molar-refractivity contribution in [2.45, 2.75) is 38.1 Å². The van der Waals surface area contributed by atoms with Crippen LogP contribution in [-0.4, -0.2) is 26.2 Å². The lowest BCUT2D eigenvalue weighted by Gasteiger charge is -2.24. The van der Waals surface area contributed by atoms with Crippen molar-refractivity contribution in [3.05, 3.63) is 45.5 Å². The Balaban J connectivity index is 1.67. The maximum atomic E-state index is 12.7. The zero-order valence-corrected chi connectivity index (χ0v) is 17.8. The fourth-order valence-electron chi connectivity index (χ4n) is 3.36. The van der Waals surface area contributed by atoms with E-state index < -0.39 is 0 Å². The number of nitrogens with one attached hydrogen (secondary N) is 2. The monoisotopic (exact) mass is 480 g/mol. The Morgan fingerprint density at radius 3 is 2.19 bits per heavy atom. The minimum Gasteiger partial charge on any atom is -0.493 e. The van der Waals surface area contributed by atoms with E-state index in [1.54, 1.807) is 26.4 Å². The van der Waals surface area contributed by atoms with E-state index in [0.29, 0.717) is 23.1 Å². The van der Waals surface area contributed by atoms with Crippen molar-refractivity contribution in [1.82, 2.24) is 0 Å². The summed E-state index contributed by atoms with van der Waals surface area (Å²) in [4.78, 5) is 12.7. The topological polar surface area (TPSA) is 59.6 Å². The van der Waals surface area contributed by atoms with Gasteiger partial charge in [0.1, 0.15) is 0 Å². The third-order valence-electron chi connectivity index (χ3n) is 4.84. The molecule has 0 aromatic heterocycles. The van der Waals surface area contributed by atoms with Crippen LogP contribution < -0.4 is 20.1 Å². The molecule has 1 aliphatic carbocycles. The van der Waals surface area contributed by atoms with Gasteiger partial charge < -0.3 is 20.1 Å². The summed E-state index contributed by atoms with van der Waals surface area (Å²) in [5.41, 5.74) is 2.41. The van der Waals surface area contributed by atoms with Gasteiger partial charge in [-0.05, 0) is 71.8 Å². The van der Waals surface area contributed by atoms with Gasteiger partial charge >= 0.3 is 0 Å². The van der Waals surface area contributed by atoms with Gasteiger partial charge in [0, 0.05) is 21.0 Å². The summed E-state index contributed by atoms with van der Waals surface area (Å²) < 4.78 is 11.4. The van der Waals surface area contributed by atoms with Crippen LogP contribution in [0.1, 0.15) is 42.5 Å². The maximum Gasteiger partial charge on any atom is 0.256 e. The minimum absolute atomic E-state index is 0.173. The number of carbonyl (C=O) groups excluding carboxylic acids is 1. The molecule has 27 heavy (non-hydrogen) atoms. The molecule has 1 fully saturated rings. The summed E-state index contributed by atoms with van der Waals surface area (Å²) in [5, 5.41) is 6.54. The molecule has 0 atom stereocenters. The number of halogens is 1. The average molecular weight is 480 g/mol. The van der Waals surface area contributed by atoms with Crippen LogP contribution >= 0.6 is 22.6 Å². The number of carbonyl (C=O) groups is 1. The molecule has 1 amide bonds. The van der Waals surface area contributed by atoms with Crippen LogP contribution in [0.5, 0.6) is 11.5 Å². The van der Waals surface area contributed by atoms with Gasteiger partial charge in [-0.3, -0.25) is 4.79 Å². The number of amides is 1. The highest BCUT2D eigenvalue weighted by atomic mass is 127. The normalized spacial score (nSPS) is 14.5. The van der Waals surface area contributed by atoms with E-state index in [4.69, 9.17) is 9.47 Å². The van der Waals surface area contributed by atoms with Gasteiger partial charge in [0.15, 0.2) is 11.5 Å². The molecule has 0 unspecified atom stereocenters. The quantitative estimate of drug-likeness (QED) is 0.551. The molecule has 2 N–H and O–H groups in total. The van der Waals surface area contributed by atoms with Crippen molar-refractivity contribution < 1.29 is 14.3 Å². The molecule has 2 aromatic carbocycles. The van der Waals surface area contributed by atoms with E-state index >= 15 is 0 Å². The second-order valence-corrected chi connectivity index (χ2v) is 7.86. The Kier molecular flexibility index (Phi) is 6.82. The summed E-state index contributed by atoms with van der Waals surface area (Å²) >= 11 is 2.13. The van der Waals surface area contributed by atoms with Crippen molar-refractivity contribution in [3.8, 4) is 11.5 Å². The largest absolute Gasteiger partial charge is 0.493 e. The molecule has 0 heterocycles. The molecule has 5 nitrogen and oxygen atoms in total. The second kappa shape index (κ2) is 9.30. The predicted molar refractivity (Wildman–Crippen MR) is 117 cm³/mol. The summed E-state index contributed by atoms with van der Waals surface area (Å²) in [6, 6.07) is 12.0. The molecule has 6 heteroatoms. The zero-order chi connectivity index (χ0) is 19.2. The Bertz CT molecular complexity index is 787. The molecule has 0 bridgehead atoms. The molecule has 0 aliphatic heterocycles. The van der Waals surface area contributed by atoms with Crippen LogP contribution in [0.15, 0.2) is 36.4 Å². The van der Waals surface area contributed by atoms with Crippen molar-refractivity contribution >= 4 is 39.9 Å². The van der Waals surface area contributed by atoms with Crippen LogP contribution in [0, 0.1) is 3.57 Å². The van der Waals surface area contributed by atoms with E-state index in [1.807, 2.05) is 24.3 Å². The first-order valence-electron chi connectivity index (χ1n) is 9.20. The van der Waals surface area contributed by atoms with E-state index in [1.165, 1.54) is 32.1 Å². The Morgan fingerprint density at radius 2 is 1.56 bits per heavy atom. The molecule has 0 saturated heterocycles. The van der Waals surface area contributed by atoms with Gasteiger partial charge in [0.2, 0.25) is 0 Å². The third kappa shape index (κ3) is 5.06. The zero-order valence-electron chi connectivity index (χ0n) is 15.7. The lowest BCUT2D eigenvalue weighted by molar-refractivity contribution is 0.102. The molecule has 144 valence electrons. The Labute approximate surface area is 174 Å². The van der Waals surface area contributed by atoms with Gasteiger partial charge in [-0.2, -0.15) is 0 Å². The van der Waals surface area contributed by atoms with Crippen molar-refractivity contribution in [1.29, 1.82) is 0 Å². The van der Waals surface area contributed by atoms with Gasteiger partial charge in [-0.1, -0.05) is 19.3 Å². The van der Waals surface area contributed by atoms with Gasteiger partial charge in [-0.15, -0.1) is 0 Å². The first-order chi connectivity index (χ1) is 13.1. The van der Waals surface area contributed by atoms with E-state index in [0.717, 1.165) is 14.9 Å². The molecule has 1 aliphatic rings. The standard InChI is InChI=1S/C21H25IN2O3/c1-26-19-12-17(18(22)13-20(19)27-2)21(25)24-16-10-8-15(9-11-16)23-14-6-4-3-5-7-14/h8-14,23H,3-7H2,1-2H3,(H,24,25). The van der Waals surface area contributed by atoms with E-state index in [9.17, 15) is 4.79 Å². The smallest absolute Gasteiger partial charge is 0.256 e. The number of hydrogen-bond donors (Lipinski definition) is 2. The molecular formula is C21H25IN2O3. The molecule has 1 saturated carbocycles. The lowest BCUT2D eigenvalue weighted by Crippen LogP contribution is -2.22. The number of hydrogen-bond acceptors (Lipinski definition) is 4. The number of methoxy groups -OCH3 is 2. The van der Waals surface area contributed by atoms with Crippen molar-refractivity contribution in [2.24, 2.45) is 0 Å². The fourth-order valence-corrected chi connectivity index (χ4v) is 4.04. The van der Waals surface area contributed by atoms with Gasteiger partial charge in [0.25, 0.3) is 5.91 Å². The van der Waals surface area contributed by atoms with Crippen LogP contribution in [0.4, 0.5) is 11.4 Å². The number of anilines is 2. The minimum atomic E-state index is -0.173. The van der Waals surface area contributed by atoms with Crippen LogP contribution in [0.2, 0.25) is 0 Å². The second-order valence-electron chi connectivity index (χ2n) is 6.70. The third-order valence-corrected chi connectivity index (χ3v) is 5.73. The van der Waals surface area contributed by atoms with E-state index in [2.05, 4.69) is 33.2 Å². The Hall–Kier alpha value is -1.96. The molecule has 2 aromatic rings. The predicted octanol–water partition coefficient (Wildman–Crippen LogP) is 5.31. The van der Waals surface area contributed by atoms with Crippen molar-refractivity contribution in [3.63, 3.8) is 0 Å². The highest BCUT2D eigenvalue weighted by Gasteiger charge is 2.16. The summed E-state index contributed by atoms with van der Waals surface area (Å²) in [6.45, 7) is 0. The van der Waals surface area contributed by atoms with Gasteiger partial charge in [-0.25, -0.2) is 0 Å². The maximum absolute atomic E-state index is 12.7. The molecule has 0 spiro atoms. The van der Waals surface area contributed by atoms with Crippen LogP contribution in [0.3, 0.4) is 0 Å². The van der Waals surface area contributed by atoms with Crippen LogP contribution in [-0.2, 0) is 0 Å². The lowest BCUT2D eigenvalue weighted by atomic mass is 9.95. The summed E-state index contributed by atoms with van der Waals surface area (Å²) in [7, 11) is 3.14. The van der Waals surface area contributed by atoms with Crippen LogP contribution in [0.25, 0.3) is 0 Å². The molecule has 3 rings (SSSR count). The SMILES string of the molecule is COc1cc(I)c(C(=O)Nc2ccc(NC3CCCCC3)cc2)cc1OC. The highest BCUT2D eigenvalue weighted by Crippen LogP contribution is 2.32. The highest BCUT2D eigenvalue weighted by molar-refractivity contribution is 14.1. The molecule has 0 radical (unpaired) electrons. The van der Waals surface area contributed by atoms with Gasteiger partial charge in [0.05, 0.1) is 19.8 Å². The number of benzene rings is 2. The summed E-state index contributed by atoms with van der Waals surface area (Å²) in [5.74, 6) is 0.972. The summed E-state index contributed by atoms with van der Waals surface area (Å²) in [6.07, 6.45) is 6.41. The fraction of sp³-hybridized carbons (Fsp3) is 0.381. The van der Waals surface area contributed by atoms with Crippen molar-refractivity contribution in [2.75, 3.05) is 24.9 Å². The first kappa shape index (κ1) is 19.8. The van der Waals surface area contributed by atoms with E-state index in [-0.39, 0.29) is 5.91 Å². The Morgan fingerprint density at radius 1 is 0.963 bits per heavy atom. The average Bonchev–Trinajstić information content (AvgIpc) is 2.70. The first-order valence-corrected chi connectivity index (χ1v) is 10.3. The number of ether oxygens (including phenoxy) is 2. The number of rotatable bonds is 6.